The van der Waals surface area contributed by atoms with Crippen molar-refractivity contribution < 1.29 is 13.5 Å². The quantitative estimate of drug-likeness (QED) is 0.760. The molecule has 0 fully saturated rings. The normalized spacial score (nSPS) is 13.6. The van der Waals surface area contributed by atoms with Crippen LogP contribution in [0.15, 0.2) is 35.2 Å². The Morgan fingerprint density at radius 3 is 2.44 bits per heavy atom. The number of nitrogens with one attached hydrogen (secondary N) is 1. The SMILES string of the molecule is CNC(CCO)CS(=O)(=O)c1ccccc1. The molecule has 0 amide bonds. The van der Waals surface area contributed by atoms with Gasteiger partial charge in [0.2, 0.25) is 0 Å². The fourth-order valence-corrected chi connectivity index (χ4v) is 3.08. The Balaban J connectivity index is 2.79. The maximum absolute atomic E-state index is 12.0. The van der Waals surface area contributed by atoms with E-state index in [0.29, 0.717) is 11.3 Å². The van der Waals surface area contributed by atoms with Crippen LogP contribution in [0.3, 0.4) is 0 Å². The molecule has 0 aromatic heterocycles. The average Bonchev–Trinajstić information content (AvgIpc) is 2.29. The van der Waals surface area contributed by atoms with Gasteiger partial charge in [0, 0.05) is 12.6 Å². The molecule has 0 spiro atoms. The van der Waals surface area contributed by atoms with Gasteiger partial charge < -0.3 is 10.4 Å². The first-order valence-electron chi connectivity index (χ1n) is 5.16. The maximum Gasteiger partial charge on any atom is 0.179 e. The highest BCUT2D eigenvalue weighted by Crippen LogP contribution is 2.12. The topological polar surface area (TPSA) is 66.4 Å². The van der Waals surface area contributed by atoms with Gasteiger partial charge in [0.05, 0.1) is 10.6 Å². The van der Waals surface area contributed by atoms with Gasteiger partial charge in [-0.3, -0.25) is 0 Å². The lowest BCUT2D eigenvalue weighted by Gasteiger charge is -2.14. The molecule has 1 unspecified atom stereocenters. The summed E-state index contributed by atoms with van der Waals surface area (Å²) in [5.41, 5.74) is 0. The van der Waals surface area contributed by atoms with Crippen molar-refractivity contribution in [2.24, 2.45) is 0 Å². The second-order valence-electron chi connectivity index (χ2n) is 3.59. The van der Waals surface area contributed by atoms with Crippen molar-refractivity contribution in [3.8, 4) is 0 Å². The van der Waals surface area contributed by atoms with E-state index in [9.17, 15) is 8.42 Å². The average molecular weight is 243 g/mol. The van der Waals surface area contributed by atoms with Crippen molar-refractivity contribution in [1.29, 1.82) is 0 Å². The molecule has 1 aromatic carbocycles. The molecule has 1 atom stereocenters. The summed E-state index contributed by atoms with van der Waals surface area (Å²) in [6, 6.07) is 8.14. The van der Waals surface area contributed by atoms with E-state index in [2.05, 4.69) is 5.32 Å². The zero-order valence-electron chi connectivity index (χ0n) is 9.26. The maximum atomic E-state index is 12.0. The van der Waals surface area contributed by atoms with Crippen LogP contribution in [0.4, 0.5) is 0 Å². The molecule has 90 valence electrons. The summed E-state index contributed by atoms with van der Waals surface area (Å²) >= 11 is 0. The molecule has 0 bridgehead atoms. The molecule has 0 saturated heterocycles. The van der Waals surface area contributed by atoms with Crippen molar-refractivity contribution in [1.82, 2.24) is 5.32 Å². The molecule has 2 N–H and O–H groups in total. The summed E-state index contributed by atoms with van der Waals surface area (Å²) in [5.74, 6) is 0.00801. The van der Waals surface area contributed by atoms with Crippen LogP contribution in [0, 0.1) is 0 Å². The highest BCUT2D eigenvalue weighted by molar-refractivity contribution is 7.91. The summed E-state index contributed by atoms with van der Waals surface area (Å²) in [5, 5.41) is 11.7. The molecule has 0 aliphatic rings. The Hall–Kier alpha value is -0.910. The molecule has 4 nitrogen and oxygen atoms in total. The van der Waals surface area contributed by atoms with Crippen LogP contribution in [0.25, 0.3) is 0 Å². The van der Waals surface area contributed by atoms with Crippen molar-refractivity contribution in [3.05, 3.63) is 30.3 Å². The van der Waals surface area contributed by atoms with Crippen LogP contribution in [0.2, 0.25) is 0 Å². The Bertz CT molecular complexity index is 402. The lowest BCUT2D eigenvalue weighted by Crippen LogP contribution is -2.33. The van der Waals surface area contributed by atoms with Gasteiger partial charge in [-0.2, -0.15) is 0 Å². The Labute approximate surface area is 96.2 Å². The van der Waals surface area contributed by atoms with E-state index in [0.717, 1.165) is 0 Å². The van der Waals surface area contributed by atoms with E-state index in [1.807, 2.05) is 0 Å². The van der Waals surface area contributed by atoms with E-state index < -0.39 is 9.84 Å². The molecule has 0 radical (unpaired) electrons. The standard InChI is InChI=1S/C11H17NO3S/c1-12-10(7-8-13)9-16(14,15)11-5-3-2-4-6-11/h2-6,10,12-13H,7-9H2,1H3. The minimum absolute atomic E-state index is 0.00801. The van der Waals surface area contributed by atoms with Gasteiger partial charge in [0.15, 0.2) is 9.84 Å². The zero-order chi connectivity index (χ0) is 12.0. The van der Waals surface area contributed by atoms with Crippen LogP contribution in [-0.4, -0.2) is 39.0 Å². The summed E-state index contributed by atoms with van der Waals surface area (Å²) in [6.45, 7) is -0.0180. The van der Waals surface area contributed by atoms with Gasteiger partial charge in [0.1, 0.15) is 0 Å². The second kappa shape index (κ2) is 5.98. The van der Waals surface area contributed by atoms with Gasteiger partial charge >= 0.3 is 0 Å². The number of sulfone groups is 1. The molecule has 0 heterocycles. The van der Waals surface area contributed by atoms with Crippen LogP contribution in [0.5, 0.6) is 0 Å². The first-order valence-corrected chi connectivity index (χ1v) is 6.81. The zero-order valence-corrected chi connectivity index (χ0v) is 10.1. The third-order valence-electron chi connectivity index (χ3n) is 2.41. The lowest BCUT2D eigenvalue weighted by molar-refractivity contribution is 0.272. The Morgan fingerprint density at radius 1 is 1.31 bits per heavy atom. The fourth-order valence-electron chi connectivity index (χ4n) is 1.46. The van der Waals surface area contributed by atoms with Gasteiger partial charge in [-0.25, -0.2) is 8.42 Å². The lowest BCUT2D eigenvalue weighted by atomic mass is 10.2. The van der Waals surface area contributed by atoms with Gasteiger partial charge in [-0.05, 0) is 25.6 Å². The highest BCUT2D eigenvalue weighted by atomic mass is 32.2. The monoisotopic (exact) mass is 243 g/mol. The second-order valence-corrected chi connectivity index (χ2v) is 5.63. The Kier molecular flexibility index (Phi) is 4.92. The van der Waals surface area contributed by atoms with Crippen molar-refractivity contribution in [2.45, 2.75) is 17.4 Å². The van der Waals surface area contributed by atoms with E-state index in [-0.39, 0.29) is 18.4 Å². The van der Waals surface area contributed by atoms with Crippen LogP contribution < -0.4 is 5.32 Å². The van der Waals surface area contributed by atoms with Gasteiger partial charge in [-0.15, -0.1) is 0 Å². The number of aliphatic hydroxyl groups excluding tert-OH is 1. The summed E-state index contributed by atoms with van der Waals surface area (Å²) in [7, 11) is -1.57. The van der Waals surface area contributed by atoms with Crippen molar-refractivity contribution in [2.75, 3.05) is 19.4 Å². The van der Waals surface area contributed by atoms with Crippen LogP contribution in [-0.2, 0) is 9.84 Å². The molecule has 0 saturated carbocycles. The van der Waals surface area contributed by atoms with Crippen LogP contribution in [0.1, 0.15) is 6.42 Å². The predicted molar refractivity (Wildman–Crippen MR) is 63.0 cm³/mol. The number of rotatable bonds is 6. The van der Waals surface area contributed by atoms with E-state index >= 15 is 0 Å². The van der Waals surface area contributed by atoms with Gasteiger partial charge in [-0.1, -0.05) is 18.2 Å². The first kappa shape index (κ1) is 13.2. The minimum atomic E-state index is -3.27. The van der Waals surface area contributed by atoms with E-state index in [4.69, 9.17) is 5.11 Å². The van der Waals surface area contributed by atoms with E-state index in [1.54, 1.807) is 37.4 Å². The molecule has 16 heavy (non-hydrogen) atoms. The number of aliphatic hydroxyl groups is 1. The molecular weight excluding hydrogens is 226 g/mol. The number of benzene rings is 1. The molecule has 1 rings (SSSR count). The van der Waals surface area contributed by atoms with E-state index in [1.165, 1.54) is 0 Å². The smallest absolute Gasteiger partial charge is 0.179 e. The summed E-state index contributed by atoms with van der Waals surface area (Å²) in [4.78, 5) is 0.327. The third kappa shape index (κ3) is 3.59. The third-order valence-corrected chi connectivity index (χ3v) is 4.24. The number of hydrogen-bond donors (Lipinski definition) is 2. The highest BCUT2D eigenvalue weighted by Gasteiger charge is 2.19. The minimum Gasteiger partial charge on any atom is -0.396 e. The molecule has 0 aliphatic carbocycles. The molecule has 0 aliphatic heterocycles. The van der Waals surface area contributed by atoms with Crippen molar-refractivity contribution >= 4 is 9.84 Å². The van der Waals surface area contributed by atoms with Crippen LogP contribution >= 0.6 is 0 Å². The molecular formula is C11H17NO3S. The fraction of sp³-hybridized carbons (Fsp3) is 0.455. The predicted octanol–water partition coefficient (Wildman–Crippen LogP) is 0.431. The molecule has 5 heteroatoms. The number of hydrogen-bond acceptors (Lipinski definition) is 4. The Morgan fingerprint density at radius 2 is 1.94 bits per heavy atom. The summed E-state index contributed by atoms with van der Waals surface area (Å²) in [6.07, 6.45) is 0.433. The molecule has 1 aromatic rings. The first-order chi connectivity index (χ1) is 7.60. The largest absolute Gasteiger partial charge is 0.396 e. The van der Waals surface area contributed by atoms with Gasteiger partial charge in [0.25, 0.3) is 0 Å². The van der Waals surface area contributed by atoms with Crippen molar-refractivity contribution in [3.63, 3.8) is 0 Å². The summed E-state index contributed by atoms with van der Waals surface area (Å²) < 4.78 is 23.9.